The molecule has 0 aliphatic carbocycles. The summed E-state index contributed by atoms with van der Waals surface area (Å²) in [6, 6.07) is -1.26. The Morgan fingerprint density at radius 1 is 0.800 bits per heavy atom. The number of carboxylic acids is 2. The van der Waals surface area contributed by atoms with Crippen molar-refractivity contribution in [1.29, 1.82) is 0 Å². The average Bonchev–Trinajstić information content (AvgIpc) is 2.49. The van der Waals surface area contributed by atoms with Gasteiger partial charge in [-0.2, -0.15) is 0 Å². The summed E-state index contributed by atoms with van der Waals surface area (Å²) in [5.74, 6) is -3.18. The summed E-state index contributed by atoms with van der Waals surface area (Å²) in [4.78, 5) is 32.8. The minimum absolute atomic E-state index is 0. The number of carboxylic acid groups (broad SMARTS) is 2. The van der Waals surface area contributed by atoms with Gasteiger partial charge in [-0.1, -0.05) is 58.3 Å². The van der Waals surface area contributed by atoms with Crippen LogP contribution in [0.5, 0.6) is 0 Å². The van der Waals surface area contributed by atoms with Gasteiger partial charge in [-0.15, -0.1) is 0 Å². The van der Waals surface area contributed by atoms with Gasteiger partial charge in [0.1, 0.15) is 0 Å². The average molecular weight is 373 g/mol. The third-order valence-corrected chi connectivity index (χ3v) is 3.76. The molecule has 0 aromatic carbocycles. The van der Waals surface area contributed by atoms with Crippen LogP contribution >= 0.6 is 0 Å². The van der Waals surface area contributed by atoms with Crippen molar-refractivity contribution in [2.75, 3.05) is 0 Å². The second-order valence-corrected chi connectivity index (χ2v) is 5.93. The van der Waals surface area contributed by atoms with Crippen molar-refractivity contribution in [3.8, 4) is 0 Å². The second-order valence-electron chi connectivity index (χ2n) is 5.93. The summed E-state index contributed by atoms with van der Waals surface area (Å²) < 4.78 is 0. The molecule has 0 aliphatic rings. The van der Waals surface area contributed by atoms with Crippen molar-refractivity contribution < 1.29 is 83.7 Å². The van der Waals surface area contributed by atoms with Crippen molar-refractivity contribution in [2.45, 2.75) is 90.0 Å². The van der Waals surface area contributed by atoms with E-state index in [2.05, 4.69) is 12.2 Å². The van der Waals surface area contributed by atoms with Crippen LogP contribution in [0.1, 0.15) is 84.0 Å². The van der Waals surface area contributed by atoms with Crippen molar-refractivity contribution in [2.24, 2.45) is 0 Å². The summed E-state index contributed by atoms with van der Waals surface area (Å²) in [6.07, 6.45) is 9.82. The number of carbonyl (C=O) groups is 3. The van der Waals surface area contributed by atoms with Crippen LogP contribution in [-0.2, 0) is 14.4 Å². The topological polar surface area (TPSA) is 109 Å². The fraction of sp³-hybridized carbons (Fsp3) is 0.824. The Kier molecular flexibility index (Phi) is 25.0. The Morgan fingerprint density at radius 2 is 1.28 bits per heavy atom. The minimum Gasteiger partial charge on any atom is -0.550 e. The summed E-state index contributed by atoms with van der Waals surface area (Å²) in [7, 11) is 0. The van der Waals surface area contributed by atoms with E-state index >= 15 is 0 Å². The molecule has 1 N–H and O–H groups in total. The Hall–Kier alpha value is 0.410. The molecule has 0 spiro atoms. The molecule has 8 heteroatoms. The molecule has 134 valence electrons. The van der Waals surface area contributed by atoms with Crippen LogP contribution in [0.2, 0.25) is 0 Å². The van der Waals surface area contributed by atoms with Crippen molar-refractivity contribution in [1.82, 2.24) is 5.32 Å². The predicted molar refractivity (Wildman–Crippen MR) is 83.0 cm³/mol. The summed E-state index contributed by atoms with van der Waals surface area (Å²) >= 11 is 0. The summed E-state index contributed by atoms with van der Waals surface area (Å²) in [5.41, 5.74) is 0. The van der Waals surface area contributed by atoms with E-state index in [1.54, 1.807) is 0 Å². The first-order chi connectivity index (χ1) is 11.0. The second kappa shape index (κ2) is 20.7. The normalized spacial score (nSPS) is 10.9. The van der Waals surface area contributed by atoms with Crippen LogP contribution in [0, 0.1) is 0 Å². The van der Waals surface area contributed by atoms with Crippen LogP contribution in [-0.4, -0.2) is 23.9 Å². The molecule has 0 aliphatic heterocycles. The van der Waals surface area contributed by atoms with E-state index in [1.807, 2.05) is 0 Å². The van der Waals surface area contributed by atoms with Crippen LogP contribution in [0.15, 0.2) is 0 Å². The zero-order valence-electron chi connectivity index (χ0n) is 16.1. The first-order valence-electron chi connectivity index (χ1n) is 8.67. The number of hydrogen-bond donors (Lipinski definition) is 1. The third kappa shape index (κ3) is 20.6. The Bertz CT molecular complexity index is 367. The SMILES string of the molecule is CCCCCCCCCCCC(=O)N[C@H](CCC(=O)[O-])C(=O)[O-].[Na+].[Na+]. The maximum Gasteiger partial charge on any atom is 1.00 e. The molecular weight excluding hydrogens is 344 g/mol. The molecule has 0 bridgehead atoms. The van der Waals surface area contributed by atoms with E-state index in [9.17, 15) is 24.6 Å². The van der Waals surface area contributed by atoms with Gasteiger partial charge in [0.25, 0.3) is 0 Å². The zero-order valence-corrected chi connectivity index (χ0v) is 20.1. The van der Waals surface area contributed by atoms with E-state index in [0.29, 0.717) is 6.42 Å². The molecule has 0 rings (SSSR count). The summed E-state index contributed by atoms with van der Waals surface area (Å²) in [6.45, 7) is 2.19. The number of hydrogen-bond acceptors (Lipinski definition) is 5. The van der Waals surface area contributed by atoms with Gasteiger partial charge in [-0.3, -0.25) is 4.79 Å². The summed E-state index contributed by atoms with van der Waals surface area (Å²) in [5, 5.41) is 23.5. The first kappa shape index (κ1) is 30.1. The van der Waals surface area contributed by atoms with Crippen LogP contribution < -0.4 is 74.6 Å². The number of nitrogens with one attached hydrogen (secondary N) is 1. The van der Waals surface area contributed by atoms with Crippen molar-refractivity contribution >= 4 is 17.8 Å². The molecular formula is C17H29NNa2O5. The van der Waals surface area contributed by atoms with Crippen LogP contribution in [0.4, 0.5) is 0 Å². The molecule has 25 heavy (non-hydrogen) atoms. The standard InChI is InChI=1S/C17H31NO5.2Na/c1-2-3-4-5-6-7-8-9-10-11-15(19)18-14(17(22)23)12-13-16(20)21;;/h14H,2-13H2,1H3,(H,18,19)(H,20,21)(H,22,23);;/q;2*+1/p-2/t14-;;/m1../s1. The van der Waals surface area contributed by atoms with Crippen molar-refractivity contribution in [3.63, 3.8) is 0 Å². The van der Waals surface area contributed by atoms with Gasteiger partial charge in [0.05, 0.1) is 12.0 Å². The van der Waals surface area contributed by atoms with E-state index in [-0.39, 0.29) is 77.9 Å². The zero-order chi connectivity index (χ0) is 17.5. The van der Waals surface area contributed by atoms with Gasteiger partial charge in [0, 0.05) is 12.4 Å². The fourth-order valence-electron chi connectivity index (χ4n) is 2.37. The van der Waals surface area contributed by atoms with E-state index in [4.69, 9.17) is 0 Å². The van der Waals surface area contributed by atoms with Gasteiger partial charge in [0.2, 0.25) is 5.91 Å². The number of amides is 1. The Labute approximate surface area is 195 Å². The third-order valence-electron chi connectivity index (χ3n) is 3.76. The maximum atomic E-state index is 11.6. The quantitative estimate of drug-likeness (QED) is 0.228. The number of aliphatic carboxylic acids is 2. The number of unbranched alkanes of at least 4 members (excludes halogenated alkanes) is 8. The van der Waals surface area contributed by atoms with Crippen molar-refractivity contribution in [3.05, 3.63) is 0 Å². The molecule has 0 radical (unpaired) electrons. The monoisotopic (exact) mass is 373 g/mol. The van der Waals surface area contributed by atoms with Gasteiger partial charge >= 0.3 is 59.1 Å². The molecule has 6 nitrogen and oxygen atoms in total. The molecule has 0 aromatic heterocycles. The van der Waals surface area contributed by atoms with Crippen LogP contribution in [0.3, 0.4) is 0 Å². The molecule has 0 aromatic rings. The van der Waals surface area contributed by atoms with Crippen LogP contribution in [0.25, 0.3) is 0 Å². The van der Waals surface area contributed by atoms with Gasteiger partial charge in [0.15, 0.2) is 0 Å². The molecule has 0 fully saturated rings. The van der Waals surface area contributed by atoms with Gasteiger partial charge < -0.3 is 25.1 Å². The molecule has 1 amide bonds. The first-order valence-corrected chi connectivity index (χ1v) is 8.67. The maximum absolute atomic E-state index is 11.6. The molecule has 0 saturated heterocycles. The Balaban J connectivity index is -0.00000242. The number of carbonyl (C=O) groups excluding carboxylic acids is 3. The number of rotatable bonds is 15. The largest absolute Gasteiger partial charge is 1.00 e. The molecule has 0 heterocycles. The van der Waals surface area contributed by atoms with E-state index in [0.717, 1.165) is 12.8 Å². The molecule has 1 atom stereocenters. The van der Waals surface area contributed by atoms with Gasteiger partial charge in [-0.25, -0.2) is 0 Å². The minimum atomic E-state index is -1.47. The predicted octanol–water partition coefficient (Wildman–Crippen LogP) is -5.32. The fourth-order valence-corrected chi connectivity index (χ4v) is 2.37. The van der Waals surface area contributed by atoms with E-state index in [1.165, 1.54) is 38.5 Å². The van der Waals surface area contributed by atoms with E-state index < -0.39 is 24.4 Å². The molecule has 0 unspecified atom stereocenters. The Morgan fingerprint density at radius 3 is 1.72 bits per heavy atom. The van der Waals surface area contributed by atoms with Gasteiger partial charge in [-0.05, 0) is 19.3 Å². The molecule has 0 saturated carbocycles. The smallest absolute Gasteiger partial charge is 0.550 e.